The number of aromatic carboxylic acids is 1. The lowest BCUT2D eigenvalue weighted by molar-refractivity contribution is 0.0696. The monoisotopic (exact) mass is 504 g/mol. The minimum Gasteiger partial charge on any atom is -0.493 e. The molecular weight excluding hydrogens is 472 g/mol. The molecule has 1 aliphatic carbocycles. The van der Waals surface area contributed by atoms with Gasteiger partial charge in [-0.1, -0.05) is 55.1 Å². The minimum absolute atomic E-state index is 0.115. The second-order valence-corrected chi connectivity index (χ2v) is 10.6. The van der Waals surface area contributed by atoms with Crippen molar-refractivity contribution in [2.75, 3.05) is 17.2 Å². The first kappa shape index (κ1) is 24.5. The van der Waals surface area contributed by atoms with Gasteiger partial charge in [-0.2, -0.15) is 0 Å². The zero-order valence-corrected chi connectivity index (χ0v) is 21.6. The van der Waals surface area contributed by atoms with E-state index in [4.69, 9.17) is 16.3 Å². The number of hydrogen-bond acceptors (Lipinski definition) is 4. The summed E-state index contributed by atoms with van der Waals surface area (Å²) in [5, 5.41) is 17.9. The van der Waals surface area contributed by atoms with Gasteiger partial charge in [-0.05, 0) is 85.7 Å². The third kappa shape index (κ3) is 4.64. The van der Waals surface area contributed by atoms with Crippen molar-refractivity contribution in [1.82, 2.24) is 0 Å². The molecule has 1 aliphatic heterocycles. The summed E-state index contributed by atoms with van der Waals surface area (Å²) < 4.78 is 6.60. The molecule has 188 valence electrons. The van der Waals surface area contributed by atoms with Crippen LogP contribution in [0.1, 0.15) is 59.2 Å². The Labute approximate surface area is 217 Å². The largest absolute Gasteiger partial charge is 0.493 e. The molecule has 6 heteroatoms. The van der Waals surface area contributed by atoms with E-state index in [1.807, 2.05) is 38.1 Å². The van der Waals surface area contributed by atoms with Gasteiger partial charge in [0.2, 0.25) is 0 Å². The van der Waals surface area contributed by atoms with Gasteiger partial charge in [0.15, 0.2) is 0 Å². The number of benzene rings is 3. The van der Waals surface area contributed by atoms with Gasteiger partial charge >= 0.3 is 5.97 Å². The molecule has 0 spiro atoms. The molecule has 0 bridgehead atoms. The molecule has 0 amide bonds. The van der Waals surface area contributed by atoms with Crippen LogP contribution in [-0.2, 0) is 5.66 Å². The van der Waals surface area contributed by atoms with Crippen LogP contribution in [0, 0.1) is 25.7 Å². The Balaban J connectivity index is 1.55. The van der Waals surface area contributed by atoms with E-state index < -0.39 is 11.6 Å². The fraction of sp³-hybridized carbons (Fsp3) is 0.367. The number of carboxylic acids is 1. The smallest absolute Gasteiger partial charge is 0.335 e. The Bertz CT molecular complexity index is 1200. The molecule has 3 aromatic rings. The summed E-state index contributed by atoms with van der Waals surface area (Å²) in [5.74, 6) is 0.418. The quantitative estimate of drug-likeness (QED) is 0.308. The summed E-state index contributed by atoms with van der Waals surface area (Å²) in [5.41, 5.74) is 4.68. The van der Waals surface area contributed by atoms with E-state index in [0.29, 0.717) is 17.5 Å². The lowest BCUT2D eigenvalue weighted by atomic mass is 9.72. The second kappa shape index (κ2) is 10.1. The van der Waals surface area contributed by atoms with Crippen LogP contribution < -0.4 is 15.4 Å². The molecule has 3 aromatic carbocycles. The number of carbonyl (C=O) groups is 1. The van der Waals surface area contributed by atoms with Crippen molar-refractivity contribution in [3.8, 4) is 5.75 Å². The first-order valence-corrected chi connectivity index (χ1v) is 13.1. The standard InChI is InChI=1S/C30H33ClN2O3/c1-19-16-22(29(34)35)17-20(2)28(19)36-18-25(21-8-4-3-5-9-21)30(23-12-14-24(31)15-13-23)32-26-10-6-7-11-27(26)33-30/h6-7,10-17,21,25,32-33H,3-5,8-9,18H2,1-2H3,(H,34,35). The Kier molecular flexibility index (Phi) is 6.85. The molecule has 1 fully saturated rings. The van der Waals surface area contributed by atoms with E-state index in [9.17, 15) is 9.90 Å². The number of ether oxygens (including phenoxy) is 1. The van der Waals surface area contributed by atoms with Gasteiger partial charge in [-0.3, -0.25) is 0 Å². The average Bonchev–Trinajstić information content (AvgIpc) is 3.27. The number of fused-ring (bicyclic) bond motifs is 1. The number of halogens is 1. The number of para-hydroxylation sites is 2. The second-order valence-electron chi connectivity index (χ2n) is 10.2. The predicted molar refractivity (Wildman–Crippen MR) is 145 cm³/mol. The molecule has 36 heavy (non-hydrogen) atoms. The Morgan fingerprint density at radius 2 is 1.58 bits per heavy atom. The molecule has 0 radical (unpaired) electrons. The van der Waals surface area contributed by atoms with E-state index in [1.165, 1.54) is 19.3 Å². The van der Waals surface area contributed by atoms with Crippen molar-refractivity contribution in [3.05, 3.63) is 87.9 Å². The highest BCUT2D eigenvalue weighted by Crippen LogP contribution is 2.49. The highest BCUT2D eigenvalue weighted by molar-refractivity contribution is 6.30. The Hall–Kier alpha value is -3.18. The van der Waals surface area contributed by atoms with Crippen molar-refractivity contribution >= 4 is 28.9 Å². The first-order valence-electron chi connectivity index (χ1n) is 12.8. The number of rotatable bonds is 7. The van der Waals surface area contributed by atoms with Crippen LogP contribution in [0.2, 0.25) is 5.02 Å². The predicted octanol–water partition coefficient (Wildman–Crippen LogP) is 7.62. The number of carboxylic acid groups (broad SMARTS) is 1. The van der Waals surface area contributed by atoms with Crippen LogP contribution in [-0.4, -0.2) is 17.7 Å². The maximum absolute atomic E-state index is 11.5. The molecule has 1 atom stereocenters. The van der Waals surface area contributed by atoms with Gasteiger partial charge in [0.05, 0.1) is 23.5 Å². The highest BCUT2D eigenvalue weighted by atomic mass is 35.5. The van der Waals surface area contributed by atoms with Gasteiger partial charge in [-0.15, -0.1) is 0 Å². The van der Waals surface area contributed by atoms with Crippen molar-refractivity contribution in [3.63, 3.8) is 0 Å². The third-order valence-electron chi connectivity index (χ3n) is 7.78. The zero-order valence-electron chi connectivity index (χ0n) is 20.8. The number of hydrogen-bond donors (Lipinski definition) is 3. The molecule has 0 aromatic heterocycles. The normalized spacial score (nSPS) is 17.5. The zero-order chi connectivity index (χ0) is 25.3. The number of anilines is 2. The van der Waals surface area contributed by atoms with Gasteiger partial charge in [0.25, 0.3) is 0 Å². The maximum Gasteiger partial charge on any atom is 0.335 e. The van der Waals surface area contributed by atoms with E-state index in [1.54, 1.807) is 12.1 Å². The van der Waals surface area contributed by atoms with Crippen molar-refractivity contribution in [2.45, 2.75) is 51.6 Å². The molecule has 5 nitrogen and oxygen atoms in total. The lowest BCUT2D eigenvalue weighted by Gasteiger charge is -2.44. The van der Waals surface area contributed by atoms with Crippen LogP contribution in [0.5, 0.6) is 5.75 Å². The first-order chi connectivity index (χ1) is 17.4. The number of nitrogens with one attached hydrogen (secondary N) is 2. The van der Waals surface area contributed by atoms with Crippen LogP contribution in [0.3, 0.4) is 0 Å². The van der Waals surface area contributed by atoms with E-state index in [2.05, 4.69) is 34.9 Å². The number of aryl methyl sites for hydroxylation is 2. The van der Waals surface area contributed by atoms with Crippen LogP contribution in [0.4, 0.5) is 11.4 Å². The molecule has 2 aliphatic rings. The average molecular weight is 505 g/mol. The summed E-state index contributed by atoms with van der Waals surface area (Å²) in [6.45, 7) is 4.33. The topological polar surface area (TPSA) is 70.6 Å². The van der Waals surface area contributed by atoms with E-state index >= 15 is 0 Å². The van der Waals surface area contributed by atoms with Crippen LogP contribution in [0.25, 0.3) is 0 Å². The lowest BCUT2D eigenvalue weighted by Crippen LogP contribution is -2.51. The molecule has 5 rings (SSSR count). The molecule has 1 saturated carbocycles. The van der Waals surface area contributed by atoms with Gasteiger partial charge < -0.3 is 20.5 Å². The van der Waals surface area contributed by atoms with E-state index in [0.717, 1.165) is 46.7 Å². The third-order valence-corrected chi connectivity index (χ3v) is 8.03. The molecule has 1 unspecified atom stereocenters. The highest BCUT2D eigenvalue weighted by Gasteiger charge is 2.48. The molecule has 0 saturated heterocycles. The summed E-state index contributed by atoms with van der Waals surface area (Å²) in [6.07, 6.45) is 6.01. The van der Waals surface area contributed by atoms with Gasteiger partial charge in [-0.25, -0.2) is 4.79 Å². The Morgan fingerprint density at radius 3 is 2.14 bits per heavy atom. The summed E-state index contributed by atoms with van der Waals surface area (Å²) in [7, 11) is 0. The SMILES string of the molecule is Cc1cc(C(=O)O)cc(C)c1OCC(C1CCCCC1)C1(c2ccc(Cl)cc2)Nc2ccccc2N1. The molecule has 1 heterocycles. The fourth-order valence-corrected chi connectivity index (χ4v) is 6.17. The fourth-order valence-electron chi connectivity index (χ4n) is 6.04. The molecule has 3 N–H and O–H groups in total. The van der Waals surface area contributed by atoms with Crippen molar-refractivity contribution in [2.24, 2.45) is 11.8 Å². The Morgan fingerprint density at radius 1 is 1.00 bits per heavy atom. The van der Waals surface area contributed by atoms with Crippen LogP contribution in [0.15, 0.2) is 60.7 Å². The molecular formula is C30H33ClN2O3. The van der Waals surface area contributed by atoms with Gasteiger partial charge in [0, 0.05) is 10.9 Å². The van der Waals surface area contributed by atoms with E-state index in [-0.39, 0.29) is 11.5 Å². The van der Waals surface area contributed by atoms with Crippen LogP contribution >= 0.6 is 11.6 Å². The maximum atomic E-state index is 11.5. The van der Waals surface area contributed by atoms with Crippen molar-refractivity contribution < 1.29 is 14.6 Å². The minimum atomic E-state index is -0.924. The van der Waals surface area contributed by atoms with Gasteiger partial charge in [0.1, 0.15) is 11.4 Å². The summed E-state index contributed by atoms with van der Waals surface area (Å²) in [6, 6.07) is 19.8. The van der Waals surface area contributed by atoms with Crippen molar-refractivity contribution in [1.29, 1.82) is 0 Å². The summed E-state index contributed by atoms with van der Waals surface area (Å²) in [4.78, 5) is 11.5. The summed E-state index contributed by atoms with van der Waals surface area (Å²) >= 11 is 6.28.